The number of carbonyl (C=O) groups excluding carboxylic acids is 2. The van der Waals surface area contributed by atoms with Crippen LogP contribution in [0.4, 0.5) is 8.78 Å². The molecule has 0 aromatic heterocycles. The van der Waals surface area contributed by atoms with Crippen molar-refractivity contribution in [1.82, 2.24) is 9.80 Å². The molecule has 2 aliphatic rings. The predicted molar refractivity (Wildman–Crippen MR) is 96.5 cm³/mol. The summed E-state index contributed by atoms with van der Waals surface area (Å²) in [5.41, 5.74) is -0.180. The molecule has 1 aromatic carbocycles. The number of amides is 2. The van der Waals surface area contributed by atoms with E-state index in [9.17, 15) is 23.2 Å². The summed E-state index contributed by atoms with van der Waals surface area (Å²) in [4.78, 5) is 39.7. The number of carboxylic acid groups (broad SMARTS) is 1. The van der Waals surface area contributed by atoms with Crippen molar-refractivity contribution in [2.75, 3.05) is 19.6 Å². The Bertz CT molecular complexity index is 773. The topological polar surface area (TPSA) is 77.9 Å². The van der Waals surface area contributed by atoms with Gasteiger partial charge in [-0.3, -0.25) is 14.4 Å². The van der Waals surface area contributed by atoms with Crippen LogP contribution >= 0.6 is 0 Å². The normalized spacial score (nSPS) is 18.6. The van der Waals surface area contributed by atoms with E-state index in [0.29, 0.717) is 32.0 Å². The van der Waals surface area contributed by atoms with Crippen molar-refractivity contribution in [1.29, 1.82) is 0 Å². The van der Waals surface area contributed by atoms with Crippen LogP contribution in [0.1, 0.15) is 43.0 Å². The van der Waals surface area contributed by atoms with Gasteiger partial charge in [-0.1, -0.05) is 6.92 Å². The summed E-state index contributed by atoms with van der Waals surface area (Å²) in [5.74, 6) is -4.05. The van der Waals surface area contributed by atoms with Gasteiger partial charge < -0.3 is 14.9 Å². The zero-order valence-electron chi connectivity index (χ0n) is 15.7. The third-order valence-electron chi connectivity index (χ3n) is 5.46. The number of halogens is 2. The van der Waals surface area contributed by atoms with Crippen molar-refractivity contribution in [2.45, 2.75) is 38.6 Å². The first kappa shape index (κ1) is 20.2. The number of nitrogens with zero attached hydrogens (tertiary/aromatic N) is 2. The van der Waals surface area contributed by atoms with Gasteiger partial charge in [0.05, 0.1) is 11.5 Å². The Hall–Kier alpha value is -2.51. The van der Waals surface area contributed by atoms with Crippen LogP contribution in [0, 0.1) is 23.5 Å². The zero-order valence-corrected chi connectivity index (χ0v) is 15.7. The molecule has 1 aliphatic carbocycles. The summed E-state index contributed by atoms with van der Waals surface area (Å²) in [7, 11) is 0. The Labute approximate surface area is 162 Å². The van der Waals surface area contributed by atoms with Crippen molar-refractivity contribution < 1.29 is 28.3 Å². The van der Waals surface area contributed by atoms with E-state index in [1.54, 1.807) is 11.8 Å². The largest absolute Gasteiger partial charge is 0.481 e. The number of rotatable bonds is 6. The quantitative estimate of drug-likeness (QED) is 0.804. The molecule has 2 fully saturated rings. The molecule has 8 heteroatoms. The average Bonchev–Trinajstić information content (AvgIpc) is 3.50. The fraction of sp³-hybridized carbons (Fsp3) is 0.550. The van der Waals surface area contributed by atoms with Crippen molar-refractivity contribution in [3.8, 4) is 0 Å². The van der Waals surface area contributed by atoms with Crippen LogP contribution < -0.4 is 0 Å². The lowest BCUT2D eigenvalue weighted by Gasteiger charge is -2.35. The monoisotopic (exact) mass is 394 g/mol. The highest BCUT2D eigenvalue weighted by Crippen LogP contribution is 2.31. The average molecular weight is 394 g/mol. The van der Waals surface area contributed by atoms with Crippen LogP contribution in [-0.4, -0.2) is 58.4 Å². The van der Waals surface area contributed by atoms with E-state index in [1.165, 1.54) is 4.90 Å². The molecule has 1 saturated heterocycles. The van der Waals surface area contributed by atoms with E-state index < -0.39 is 29.4 Å². The molecule has 2 amide bonds. The van der Waals surface area contributed by atoms with E-state index in [4.69, 9.17) is 5.11 Å². The first-order chi connectivity index (χ1) is 13.3. The lowest BCUT2D eigenvalue weighted by Crippen LogP contribution is -2.46. The Morgan fingerprint density at radius 3 is 2.36 bits per heavy atom. The maximum absolute atomic E-state index is 13.9. The maximum Gasteiger partial charge on any atom is 0.308 e. The molecule has 0 spiro atoms. The number of aliphatic carboxylic acids is 1. The smallest absolute Gasteiger partial charge is 0.308 e. The van der Waals surface area contributed by atoms with Crippen LogP contribution in [0.15, 0.2) is 18.2 Å². The van der Waals surface area contributed by atoms with Gasteiger partial charge in [-0.25, -0.2) is 8.78 Å². The van der Waals surface area contributed by atoms with Crippen molar-refractivity contribution in [2.24, 2.45) is 11.8 Å². The van der Waals surface area contributed by atoms with E-state index in [1.807, 2.05) is 0 Å². The van der Waals surface area contributed by atoms with Crippen LogP contribution in [0.5, 0.6) is 0 Å². The van der Waals surface area contributed by atoms with Crippen molar-refractivity contribution >= 4 is 17.8 Å². The second-order valence-electron chi connectivity index (χ2n) is 7.65. The lowest BCUT2D eigenvalue weighted by molar-refractivity contribution is -0.144. The number of hydrogen-bond acceptors (Lipinski definition) is 3. The van der Waals surface area contributed by atoms with E-state index in [-0.39, 0.29) is 30.0 Å². The fourth-order valence-corrected chi connectivity index (χ4v) is 3.58. The molecule has 1 aromatic rings. The molecule has 1 saturated carbocycles. The summed E-state index contributed by atoms with van der Waals surface area (Å²) >= 11 is 0. The van der Waals surface area contributed by atoms with Crippen molar-refractivity contribution in [3.05, 3.63) is 35.4 Å². The number of carboxylic acids is 1. The highest BCUT2D eigenvalue weighted by atomic mass is 19.1. The Balaban J connectivity index is 1.60. The minimum Gasteiger partial charge on any atom is -0.481 e. The Morgan fingerprint density at radius 1 is 1.18 bits per heavy atom. The van der Waals surface area contributed by atoms with Crippen LogP contribution in [0.2, 0.25) is 0 Å². The predicted octanol–water partition coefficient (Wildman–Crippen LogP) is 2.53. The molecule has 6 nitrogen and oxygen atoms in total. The number of piperidine rings is 1. The summed E-state index contributed by atoms with van der Waals surface area (Å²) in [6.45, 7) is 2.39. The van der Waals surface area contributed by atoms with E-state index >= 15 is 0 Å². The molecule has 3 rings (SSSR count). The molecule has 1 N–H and O–H groups in total. The first-order valence-corrected chi connectivity index (χ1v) is 9.55. The van der Waals surface area contributed by atoms with Crippen LogP contribution in [-0.2, 0) is 9.59 Å². The number of benzene rings is 1. The highest BCUT2D eigenvalue weighted by molar-refractivity contribution is 5.94. The standard InChI is InChI=1S/C20H24F2N2O4/c1-12(20(27)28)11-24(15-3-4-15)18(25)13-6-8-23(9-7-13)19(26)16-5-2-14(21)10-17(16)22/h2,5,10,12-13,15H,3-4,6-9,11H2,1H3,(H,27,28). The second kappa shape index (κ2) is 8.24. The molecule has 1 atom stereocenters. The molecule has 152 valence electrons. The Morgan fingerprint density at radius 2 is 1.82 bits per heavy atom. The summed E-state index contributed by atoms with van der Waals surface area (Å²) < 4.78 is 26.9. The summed E-state index contributed by atoms with van der Waals surface area (Å²) in [5, 5.41) is 9.13. The highest BCUT2D eigenvalue weighted by Gasteiger charge is 2.38. The van der Waals surface area contributed by atoms with Gasteiger partial charge >= 0.3 is 5.97 Å². The van der Waals surface area contributed by atoms with Gasteiger partial charge in [-0.2, -0.15) is 0 Å². The van der Waals surface area contributed by atoms with Gasteiger partial charge in [0, 0.05) is 37.7 Å². The number of likely N-dealkylation sites (tertiary alicyclic amines) is 1. The summed E-state index contributed by atoms with van der Waals surface area (Å²) in [6, 6.07) is 2.97. The van der Waals surface area contributed by atoms with Gasteiger partial charge in [-0.05, 0) is 37.8 Å². The molecular formula is C20H24F2N2O4. The van der Waals surface area contributed by atoms with E-state index in [0.717, 1.165) is 25.0 Å². The molecule has 1 unspecified atom stereocenters. The van der Waals surface area contributed by atoms with Crippen LogP contribution in [0.3, 0.4) is 0 Å². The Kier molecular flexibility index (Phi) is 5.96. The molecule has 1 heterocycles. The SMILES string of the molecule is CC(CN(C(=O)C1CCN(C(=O)c2ccc(F)cc2F)CC1)C1CC1)C(=O)O. The minimum atomic E-state index is -0.930. The molecule has 0 radical (unpaired) electrons. The van der Waals surface area contributed by atoms with Crippen molar-refractivity contribution in [3.63, 3.8) is 0 Å². The first-order valence-electron chi connectivity index (χ1n) is 9.55. The van der Waals surface area contributed by atoms with Gasteiger partial charge in [-0.15, -0.1) is 0 Å². The second-order valence-corrected chi connectivity index (χ2v) is 7.65. The summed E-state index contributed by atoms with van der Waals surface area (Å²) in [6.07, 6.45) is 2.66. The van der Waals surface area contributed by atoms with Gasteiger partial charge in [0.1, 0.15) is 11.6 Å². The molecule has 28 heavy (non-hydrogen) atoms. The third-order valence-corrected chi connectivity index (χ3v) is 5.46. The zero-order chi connectivity index (χ0) is 20.4. The number of hydrogen-bond donors (Lipinski definition) is 1. The van der Waals surface area contributed by atoms with E-state index in [2.05, 4.69) is 0 Å². The molecule has 1 aliphatic heterocycles. The molecule has 0 bridgehead atoms. The minimum absolute atomic E-state index is 0.0596. The van der Waals surface area contributed by atoms with Gasteiger partial charge in [0.15, 0.2) is 0 Å². The maximum atomic E-state index is 13.9. The fourth-order valence-electron chi connectivity index (χ4n) is 3.58. The van der Waals surface area contributed by atoms with Crippen LogP contribution in [0.25, 0.3) is 0 Å². The molecular weight excluding hydrogens is 370 g/mol. The third kappa shape index (κ3) is 4.48. The number of carbonyl (C=O) groups is 3. The lowest BCUT2D eigenvalue weighted by atomic mass is 9.94. The van der Waals surface area contributed by atoms with Gasteiger partial charge in [0.25, 0.3) is 5.91 Å². The van der Waals surface area contributed by atoms with Gasteiger partial charge in [0.2, 0.25) is 5.91 Å².